The summed E-state index contributed by atoms with van der Waals surface area (Å²) in [6, 6.07) is 26.3. The number of aromatic nitrogens is 1. The van der Waals surface area contributed by atoms with Crippen LogP contribution in [-0.4, -0.2) is 15.9 Å². The van der Waals surface area contributed by atoms with Crippen LogP contribution in [0, 0.1) is 13.0 Å². The molecule has 4 rings (SSSR count). The largest absolute Gasteiger partial charge is 0.512 e. The number of aliphatic hydroxyl groups excluding tert-OH is 1. The van der Waals surface area contributed by atoms with Gasteiger partial charge in [0, 0.05) is 31.6 Å². The van der Waals surface area contributed by atoms with E-state index < -0.39 is 0 Å². The van der Waals surface area contributed by atoms with Crippen LogP contribution in [0.2, 0.25) is 0 Å². The Kier molecular flexibility index (Phi) is 7.83. The number of rotatable bonds is 2. The van der Waals surface area contributed by atoms with Gasteiger partial charge >= 0.3 is 0 Å². The van der Waals surface area contributed by atoms with Gasteiger partial charge in [0.15, 0.2) is 5.78 Å². The summed E-state index contributed by atoms with van der Waals surface area (Å²) in [5.41, 5.74) is 4.31. The second-order valence-electron chi connectivity index (χ2n) is 6.71. The van der Waals surface area contributed by atoms with Crippen LogP contribution in [0.1, 0.15) is 19.4 Å². The molecule has 0 saturated carbocycles. The molecular weight excluding hydrogens is 538 g/mol. The van der Waals surface area contributed by atoms with Crippen molar-refractivity contribution in [2.24, 2.45) is 0 Å². The van der Waals surface area contributed by atoms with E-state index in [-0.39, 0.29) is 31.6 Å². The monoisotopic (exact) mass is 561 g/mol. The molecule has 3 aromatic carbocycles. The number of para-hydroxylation sites is 1. The zero-order chi connectivity index (χ0) is 20.1. The van der Waals surface area contributed by atoms with Gasteiger partial charge in [0.05, 0.1) is 11.3 Å². The molecule has 1 aromatic heterocycles. The maximum Gasteiger partial charge on any atom is 0.155 e. The Morgan fingerprint density at radius 2 is 1.66 bits per heavy atom. The molecule has 3 nitrogen and oxygen atoms in total. The van der Waals surface area contributed by atoms with Gasteiger partial charge in [0.25, 0.3) is 0 Å². The fraction of sp³-hybridized carbons (Fsp3) is 0.120. The number of aliphatic hydroxyl groups is 1. The van der Waals surface area contributed by atoms with E-state index in [9.17, 15) is 4.79 Å². The summed E-state index contributed by atoms with van der Waals surface area (Å²) in [5.74, 6) is -0.0625. The van der Waals surface area contributed by atoms with Gasteiger partial charge in [-0.1, -0.05) is 53.9 Å². The molecule has 4 aromatic rings. The Hall–Kier alpha value is -2.81. The normalized spacial score (nSPS) is 10.8. The number of benzene rings is 3. The van der Waals surface area contributed by atoms with Crippen LogP contribution < -0.4 is 0 Å². The number of allylic oxidation sites excluding steroid dienone is 2. The minimum absolute atomic E-state index is 0. The molecule has 1 radical (unpaired) electrons. The van der Waals surface area contributed by atoms with Crippen molar-refractivity contribution in [3.8, 4) is 11.3 Å². The van der Waals surface area contributed by atoms with Crippen LogP contribution in [0.4, 0.5) is 0 Å². The zero-order valence-corrected chi connectivity index (χ0v) is 19.0. The second kappa shape index (κ2) is 10.1. The first-order valence-corrected chi connectivity index (χ1v) is 9.09. The van der Waals surface area contributed by atoms with E-state index in [4.69, 9.17) is 10.1 Å². The summed E-state index contributed by atoms with van der Waals surface area (Å²) < 4.78 is 0. The number of hydrogen-bond donors (Lipinski definition) is 1. The van der Waals surface area contributed by atoms with Crippen molar-refractivity contribution in [1.82, 2.24) is 4.98 Å². The van der Waals surface area contributed by atoms with Crippen molar-refractivity contribution in [3.63, 3.8) is 0 Å². The molecule has 0 amide bonds. The SMILES string of the molecule is CC(=O)/C=C(/C)O.Cc1cc(-c2[c-]cc3ccccc3c2)nc2ccccc12.[Ir]. The first-order chi connectivity index (χ1) is 13.4. The molecule has 149 valence electrons. The fourth-order valence-electron chi connectivity index (χ4n) is 3.06. The minimum atomic E-state index is -0.125. The third kappa shape index (κ3) is 5.83. The molecule has 0 atom stereocenters. The molecule has 0 aliphatic carbocycles. The van der Waals surface area contributed by atoms with Gasteiger partial charge in [-0.15, -0.1) is 29.1 Å². The average Bonchev–Trinajstić information content (AvgIpc) is 2.67. The summed E-state index contributed by atoms with van der Waals surface area (Å²) in [6.07, 6.45) is 1.17. The molecule has 1 heterocycles. The smallest absolute Gasteiger partial charge is 0.155 e. The topological polar surface area (TPSA) is 50.2 Å². The Bertz CT molecular complexity index is 1180. The number of carbonyl (C=O) groups excluding carboxylic acids is 1. The van der Waals surface area contributed by atoms with Gasteiger partial charge in [-0.3, -0.25) is 9.78 Å². The van der Waals surface area contributed by atoms with Gasteiger partial charge in [-0.05, 0) is 38.1 Å². The third-order valence-electron chi connectivity index (χ3n) is 4.29. The second-order valence-corrected chi connectivity index (χ2v) is 6.71. The van der Waals surface area contributed by atoms with Crippen molar-refractivity contribution >= 4 is 27.5 Å². The predicted molar refractivity (Wildman–Crippen MR) is 115 cm³/mol. The van der Waals surface area contributed by atoms with E-state index in [0.717, 1.165) is 16.8 Å². The van der Waals surface area contributed by atoms with E-state index >= 15 is 0 Å². The third-order valence-corrected chi connectivity index (χ3v) is 4.29. The number of fused-ring (bicyclic) bond motifs is 2. The number of nitrogens with zero attached hydrogens (tertiary/aromatic N) is 1. The maximum absolute atomic E-state index is 10.0. The van der Waals surface area contributed by atoms with Gasteiger partial charge < -0.3 is 5.11 Å². The van der Waals surface area contributed by atoms with Crippen molar-refractivity contribution in [2.45, 2.75) is 20.8 Å². The summed E-state index contributed by atoms with van der Waals surface area (Å²) in [4.78, 5) is 14.8. The predicted octanol–water partition coefficient (Wildman–Crippen LogP) is 6.20. The number of aryl methyl sites for hydroxylation is 1. The Morgan fingerprint density at radius 1 is 1.00 bits per heavy atom. The molecule has 0 bridgehead atoms. The molecule has 0 fully saturated rings. The summed E-state index contributed by atoms with van der Waals surface area (Å²) >= 11 is 0. The molecular formula is C25H22IrNO2-. The summed E-state index contributed by atoms with van der Waals surface area (Å²) in [6.45, 7) is 4.98. The minimum Gasteiger partial charge on any atom is -0.512 e. The Labute approximate surface area is 184 Å². The van der Waals surface area contributed by atoms with E-state index in [1.165, 1.54) is 41.6 Å². The van der Waals surface area contributed by atoms with Crippen LogP contribution >= 0.6 is 0 Å². The van der Waals surface area contributed by atoms with Gasteiger partial charge in [0.1, 0.15) is 0 Å². The molecule has 0 spiro atoms. The molecule has 0 unspecified atom stereocenters. The van der Waals surface area contributed by atoms with Gasteiger partial charge in [-0.2, -0.15) is 0 Å². The van der Waals surface area contributed by atoms with Crippen molar-refractivity contribution in [3.05, 3.63) is 90.2 Å². The van der Waals surface area contributed by atoms with E-state index in [0.29, 0.717) is 0 Å². The quantitative estimate of drug-likeness (QED) is 0.181. The molecule has 1 N–H and O–H groups in total. The van der Waals surface area contributed by atoms with Crippen LogP contribution in [0.3, 0.4) is 0 Å². The zero-order valence-electron chi connectivity index (χ0n) is 16.6. The van der Waals surface area contributed by atoms with Crippen LogP contribution in [0.25, 0.3) is 32.9 Å². The molecule has 29 heavy (non-hydrogen) atoms. The van der Waals surface area contributed by atoms with Crippen molar-refractivity contribution in [2.75, 3.05) is 0 Å². The fourth-order valence-corrected chi connectivity index (χ4v) is 3.06. The summed E-state index contributed by atoms with van der Waals surface area (Å²) in [5, 5.41) is 12.0. The van der Waals surface area contributed by atoms with E-state index in [1.807, 2.05) is 18.2 Å². The van der Waals surface area contributed by atoms with Crippen molar-refractivity contribution in [1.29, 1.82) is 0 Å². The van der Waals surface area contributed by atoms with E-state index in [1.54, 1.807) is 0 Å². The van der Waals surface area contributed by atoms with Crippen LogP contribution in [0.5, 0.6) is 0 Å². The maximum atomic E-state index is 10.0. The number of hydrogen-bond acceptors (Lipinski definition) is 3. The Morgan fingerprint density at radius 3 is 2.31 bits per heavy atom. The average molecular weight is 561 g/mol. The molecule has 0 saturated heterocycles. The molecule has 0 aliphatic heterocycles. The molecule has 0 aliphatic rings. The van der Waals surface area contributed by atoms with Gasteiger partial charge in [-0.25, -0.2) is 0 Å². The van der Waals surface area contributed by atoms with Crippen LogP contribution in [-0.2, 0) is 24.9 Å². The number of pyridine rings is 1. The van der Waals surface area contributed by atoms with Crippen LogP contribution in [0.15, 0.2) is 78.6 Å². The standard InChI is InChI=1S/C20H14N.C5H8O2.Ir/c1-14-12-20(21-19-9-5-4-8-18(14)19)17-11-10-15-6-2-3-7-16(15)13-17;1-4(6)3-5(2)7;/h2-10,12-13H,1H3;3,6H,1-2H3;/q-1;;/b;4-3-;. The van der Waals surface area contributed by atoms with Gasteiger partial charge in [0.2, 0.25) is 0 Å². The Balaban J connectivity index is 0.000000327. The first kappa shape index (κ1) is 22.5. The summed E-state index contributed by atoms with van der Waals surface area (Å²) in [7, 11) is 0. The first-order valence-electron chi connectivity index (χ1n) is 9.09. The molecule has 4 heteroatoms. The number of carbonyl (C=O) groups is 1. The van der Waals surface area contributed by atoms with Crippen molar-refractivity contribution < 1.29 is 30.0 Å². The number of ketones is 1. The van der Waals surface area contributed by atoms with E-state index in [2.05, 4.69) is 61.5 Å².